The van der Waals surface area contributed by atoms with Crippen LogP contribution in [0.25, 0.3) is 0 Å². The lowest BCUT2D eigenvalue weighted by atomic mass is 10.3. The van der Waals surface area contributed by atoms with Crippen LogP contribution in [-0.4, -0.2) is 49.4 Å². The molecule has 0 bridgehead atoms. The van der Waals surface area contributed by atoms with Crippen LogP contribution in [0.5, 0.6) is 0 Å². The highest BCUT2D eigenvalue weighted by atomic mass is 16.2. The molecule has 2 amide bonds. The van der Waals surface area contributed by atoms with Crippen molar-refractivity contribution in [2.45, 2.75) is 20.3 Å². The number of carbonyl (C=O) groups is 2. The van der Waals surface area contributed by atoms with Crippen molar-refractivity contribution >= 4 is 11.8 Å². The Morgan fingerprint density at radius 3 is 2.29 bits per heavy atom. The number of nitrogens with zero attached hydrogens (tertiary/aromatic N) is 1. The van der Waals surface area contributed by atoms with Gasteiger partial charge in [0.15, 0.2) is 0 Å². The number of nitrogens with one attached hydrogen (secondary N) is 2. The van der Waals surface area contributed by atoms with E-state index in [0.29, 0.717) is 13.1 Å². The lowest BCUT2D eigenvalue weighted by Gasteiger charge is -2.17. The molecule has 17 heavy (non-hydrogen) atoms. The van der Waals surface area contributed by atoms with Crippen LogP contribution in [-0.2, 0) is 9.59 Å². The second-order valence-electron chi connectivity index (χ2n) is 3.64. The zero-order valence-corrected chi connectivity index (χ0v) is 10.8. The van der Waals surface area contributed by atoms with Crippen LogP contribution in [0.15, 0.2) is 12.7 Å². The highest BCUT2D eigenvalue weighted by molar-refractivity contribution is 6.35. The highest BCUT2D eigenvalue weighted by Crippen LogP contribution is 1.89. The molecule has 0 saturated carbocycles. The van der Waals surface area contributed by atoms with E-state index in [4.69, 9.17) is 0 Å². The molecule has 98 valence electrons. The zero-order valence-electron chi connectivity index (χ0n) is 10.8. The van der Waals surface area contributed by atoms with E-state index < -0.39 is 11.8 Å². The topological polar surface area (TPSA) is 61.4 Å². The minimum atomic E-state index is -0.604. The maximum Gasteiger partial charge on any atom is 0.309 e. The minimum Gasteiger partial charge on any atom is -0.348 e. The molecule has 0 aromatic rings. The molecular weight excluding hydrogens is 218 g/mol. The first-order chi connectivity index (χ1) is 8.15. The Morgan fingerprint density at radius 1 is 1.18 bits per heavy atom. The van der Waals surface area contributed by atoms with Gasteiger partial charge in [0, 0.05) is 13.1 Å². The molecule has 0 fully saturated rings. The third-order valence-corrected chi connectivity index (χ3v) is 2.44. The van der Waals surface area contributed by atoms with Gasteiger partial charge in [0.2, 0.25) is 0 Å². The van der Waals surface area contributed by atoms with E-state index in [1.54, 1.807) is 0 Å². The molecule has 2 N–H and O–H groups in total. The number of amides is 2. The molecule has 5 nitrogen and oxygen atoms in total. The number of hydrogen-bond donors (Lipinski definition) is 2. The summed E-state index contributed by atoms with van der Waals surface area (Å²) < 4.78 is 0. The summed E-state index contributed by atoms with van der Waals surface area (Å²) >= 11 is 0. The van der Waals surface area contributed by atoms with Gasteiger partial charge in [-0.05, 0) is 26.1 Å². The molecule has 0 atom stereocenters. The summed E-state index contributed by atoms with van der Waals surface area (Å²) in [4.78, 5) is 24.7. The van der Waals surface area contributed by atoms with Gasteiger partial charge < -0.3 is 15.5 Å². The van der Waals surface area contributed by atoms with E-state index in [1.165, 1.54) is 6.08 Å². The Hall–Kier alpha value is -1.36. The standard InChI is InChI=1S/C12H23N3O2/c1-4-8-13-11(16)12(17)14-9-7-10-15(5-2)6-3/h4H,1,5-10H2,2-3H3,(H,13,16)(H,14,17). The molecule has 0 spiro atoms. The molecule has 0 aliphatic rings. The lowest BCUT2D eigenvalue weighted by Crippen LogP contribution is -2.40. The van der Waals surface area contributed by atoms with Gasteiger partial charge in [-0.3, -0.25) is 9.59 Å². The van der Waals surface area contributed by atoms with Crippen molar-refractivity contribution < 1.29 is 9.59 Å². The molecule has 0 rings (SSSR count). The van der Waals surface area contributed by atoms with Crippen molar-refractivity contribution in [3.05, 3.63) is 12.7 Å². The fourth-order valence-corrected chi connectivity index (χ4v) is 1.37. The SMILES string of the molecule is C=CCNC(=O)C(=O)NCCCN(CC)CC. The second-order valence-corrected chi connectivity index (χ2v) is 3.64. The summed E-state index contributed by atoms with van der Waals surface area (Å²) in [6.07, 6.45) is 2.38. The molecule has 0 radical (unpaired) electrons. The second kappa shape index (κ2) is 9.84. The molecular formula is C12H23N3O2. The smallest absolute Gasteiger partial charge is 0.309 e. The molecule has 0 heterocycles. The largest absolute Gasteiger partial charge is 0.348 e. The van der Waals surface area contributed by atoms with E-state index in [9.17, 15) is 9.59 Å². The van der Waals surface area contributed by atoms with Gasteiger partial charge in [0.25, 0.3) is 0 Å². The molecule has 0 aliphatic heterocycles. The van der Waals surface area contributed by atoms with Gasteiger partial charge in [-0.25, -0.2) is 0 Å². The van der Waals surface area contributed by atoms with Gasteiger partial charge in [0.1, 0.15) is 0 Å². The van der Waals surface area contributed by atoms with Crippen LogP contribution in [0, 0.1) is 0 Å². The van der Waals surface area contributed by atoms with Crippen molar-refractivity contribution in [1.29, 1.82) is 0 Å². The van der Waals surface area contributed by atoms with E-state index in [-0.39, 0.29) is 0 Å². The minimum absolute atomic E-state index is 0.311. The Morgan fingerprint density at radius 2 is 1.76 bits per heavy atom. The zero-order chi connectivity index (χ0) is 13.1. The Labute approximate surface area is 103 Å². The summed E-state index contributed by atoms with van der Waals surface area (Å²) in [5, 5.41) is 5.01. The monoisotopic (exact) mass is 241 g/mol. The Kier molecular flexibility index (Phi) is 9.05. The fraction of sp³-hybridized carbons (Fsp3) is 0.667. The number of hydrogen-bond acceptors (Lipinski definition) is 3. The third-order valence-electron chi connectivity index (χ3n) is 2.44. The van der Waals surface area contributed by atoms with E-state index in [0.717, 1.165) is 26.1 Å². The van der Waals surface area contributed by atoms with E-state index >= 15 is 0 Å². The normalized spacial score (nSPS) is 10.1. The van der Waals surface area contributed by atoms with Crippen molar-refractivity contribution in [3.8, 4) is 0 Å². The van der Waals surface area contributed by atoms with Gasteiger partial charge in [-0.15, -0.1) is 6.58 Å². The molecule has 0 saturated heterocycles. The van der Waals surface area contributed by atoms with Crippen LogP contribution in [0.4, 0.5) is 0 Å². The van der Waals surface area contributed by atoms with Crippen LogP contribution in [0.2, 0.25) is 0 Å². The van der Waals surface area contributed by atoms with Crippen molar-refractivity contribution in [1.82, 2.24) is 15.5 Å². The van der Waals surface area contributed by atoms with Gasteiger partial charge >= 0.3 is 11.8 Å². The van der Waals surface area contributed by atoms with Gasteiger partial charge in [0.05, 0.1) is 0 Å². The quantitative estimate of drug-likeness (QED) is 0.361. The predicted molar refractivity (Wildman–Crippen MR) is 68.6 cm³/mol. The average molecular weight is 241 g/mol. The highest BCUT2D eigenvalue weighted by Gasteiger charge is 2.10. The van der Waals surface area contributed by atoms with Crippen LogP contribution in [0.1, 0.15) is 20.3 Å². The molecule has 0 aromatic carbocycles. The van der Waals surface area contributed by atoms with Crippen LogP contribution in [0.3, 0.4) is 0 Å². The molecule has 0 aliphatic carbocycles. The first-order valence-corrected chi connectivity index (χ1v) is 6.04. The molecule has 5 heteroatoms. The number of carbonyl (C=O) groups excluding carboxylic acids is 2. The lowest BCUT2D eigenvalue weighted by molar-refractivity contribution is -0.139. The fourth-order valence-electron chi connectivity index (χ4n) is 1.37. The predicted octanol–water partition coefficient (Wildman–Crippen LogP) is 0.137. The Bertz CT molecular complexity index is 250. The summed E-state index contributed by atoms with van der Waals surface area (Å²) in [6, 6.07) is 0. The summed E-state index contributed by atoms with van der Waals surface area (Å²) in [6.45, 7) is 11.4. The average Bonchev–Trinajstić information content (AvgIpc) is 2.35. The molecule has 0 aromatic heterocycles. The van der Waals surface area contributed by atoms with Gasteiger partial charge in [-0.2, -0.15) is 0 Å². The van der Waals surface area contributed by atoms with Crippen LogP contribution >= 0.6 is 0 Å². The van der Waals surface area contributed by atoms with Crippen LogP contribution < -0.4 is 10.6 Å². The number of rotatable bonds is 8. The van der Waals surface area contributed by atoms with Gasteiger partial charge in [-0.1, -0.05) is 19.9 Å². The van der Waals surface area contributed by atoms with E-state index in [1.807, 2.05) is 0 Å². The van der Waals surface area contributed by atoms with Crippen molar-refractivity contribution in [2.75, 3.05) is 32.7 Å². The van der Waals surface area contributed by atoms with E-state index in [2.05, 4.69) is 36.0 Å². The first-order valence-electron chi connectivity index (χ1n) is 6.04. The summed E-state index contributed by atoms with van der Waals surface area (Å²) in [5.74, 6) is -1.18. The summed E-state index contributed by atoms with van der Waals surface area (Å²) in [7, 11) is 0. The Balaban J connectivity index is 3.63. The molecule has 0 unspecified atom stereocenters. The van der Waals surface area contributed by atoms with Crippen molar-refractivity contribution in [3.63, 3.8) is 0 Å². The summed E-state index contributed by atoms with van der Waals surface area (Å²) in [5.41, 5.74) is 0. The first kappa shape index (κ1) is 15.6. The maximum absolute atomic E-state index is 11.3. The van der Waals surface area contributed by atoms with Crippen molar-refractivity contribution in [2.24, 2.45) is 0 Å². The maximum atomic E-state index is 11.3. The third kappa shape index (κ3) is 7.52.